The van der Waals surface area contributed by atoms with Crippen molar-refractivity contribution >= 4 is 5.91 Å². The van der Waals surface area contributed by atoms with Gasteiger partial charge in [0, 0.05) is 25.0 Å². The van der Waals surface area contributed by atoms with Gasteiger partial charge in [0.25, 0.3) is 0 Å². The van der Waals surface area contributed by atoms with E-state index >= 15 is 0 Å². The lowest BCUT2D eigenvalue weighted by Crippen LogP contribution is -2.35. The van der Waals surface area contributed by atoms with E-state index in [4.69, 9.17) is 10.5 Å². The Kier molecular flexibility index (Phi) is 5.39. The zero-order valence-electron chi connectivity index (χ0n) is 12.6. The lowest BCUT2D eigenvalue weighted by Gasteiger charge is -2.24. The molecule has 1 aromatic carbocycles. The molecule has 0 bridgehead atoms. The summed E-state index contributed by atoms with van der Waals surface area (Å²) in [4.78, 5) is 14.5. The van der Waals surface area contributed by atoms with Crippen molar-refractivity contribution in [2.24, 2.45) is 11.7 Å². The maximum absolute atomic E-state index is 12.6. The lowest BCUT2D eigenvalue weighted by molar-refractivity contribution is -0.135. The van der Waals surface area contributed by atoms with Crippen LogP contribution in [0.3, 0.4) is 0 Å². The predicted octanol–water partition coefficient (Wildman–Crippen LogP) is 2.34. The molecule has 0 radical (unpaired) electrons. The van der Waals surface area contributed by atoms with Gasteiger partial charge in [-0.25, -0.2) is 0 Å². The number of hydrogen-bond acceptors (Lipinski definition) is 3. The van der Waals surface area contributed by atoms with E-state index in [2.05, 4.69) is 6.58 Å². The van der Waals surface area contributed by atoms with Crippen LogP contribution in [0.5, 0.6) is 5.75 Å². The van der Waals surface area contributed by atoms with E-state index in [9.17, 15) is 4.79 Å². The van der Waals surface area contributed by atoms with Gasteiger partial charge in [0.15, 0.2) is 0 Å². The number of carbonyl (C=O) groups is 1. The van der Waals surface area contributed by atoms with Gasteiger partial charge in [0.1, 0.15) is 5.75 Å². The fraction of sp³-hybridized carbons (Fsp3) is 0.471. The molecule has 1 saturated carbocycles. The van der Waals surface area contributed by atoms with Gasteiger partial charge in [0.05, 0.1) is 7.11 Å². The standard InChI is InChI=1S/C17H24N2O2/c1-3-10-19(17(20)14-6-7-15(18)11-14)12-13-4-8-16(21-2)9-5-13/h3-5,8-9,14-15H,1,6-7,10-12,18H2,2H3. The Labute approximate surface area is 126 Å². The molecule has 0 saturated heterocycles. The maximum atomic E-state index is 12.6. The summed E-state index contributed by atoms with van der Waals surface area (Å²) in [5.74, 6) is 1.08. The first-order valence-corrected chi connectivity index (χ1v) is 7.42. The van der Waals surface area contributed by atoms with Gasteiger partial charge in [-0.15, -0.1) is 6.58 Å². The molecular weight excluding hydrogens is 264 g/mol. The van der Waals surface area contributed by atoms with Gasteiger partial charge in [-0.2, -0.15) is 0 Å². The van der Waals surface area contributed by atoms with Gasteiger partial charge in [-0.3, -0.25) is 4.79 Å². The van der Waals surface area contributed by atoms with Crippen molar-refractivity contribution in [2.45, 2.75) is 31.8 Å². The number of ether oxygens (including phenoxy) is 1. The Morgan fingerprint density at radius 1 is 1.43 bits per heavy atom. The Morgan fingerprint density at radius 3 is 2.67 bits per heavy atom. The molecular formula is C17H24N2O2. The predicted molar refractivity (Wildman–Crippen MR) is 83.9 cm³/mol. The number of amides is 1. The van der Waals surface area contributed by atoms with Crippen molar-refractivity contribution in [3.05, 3.63) is 42.5 Å². The van der Waals surface area contributed by atoms with E-state index in [1.165, 1.54) is 0 Å². The summed E-state index contributed by atoms with van der Waals surface area (Å²) in [5, 5.41) is 0. The average molecular weight is 288 g/mol. The molecule has 2 atom stereocenters. The highest BCUT2D eigenvalue weighted by molar-refractivity contribution is 5.79. The third-order valence-electron chi connectivity index (χ3n) is 4.02. The van der Waals surface area contributed by atoms with Crippen LogP contribution in [-0.4, -0.2) is 30.5 Å². The van der Waals surface area contributed by atoms with Crippen molar-refractivity contribution in [1.82, 2.24) is 4.90 Å². The zero-order valence-corrected chi connectivity index (χ0v) is 12.6. The summed E-state index contributed by atoms with van der Waals surface area (Å²) in [7, 11) is 1.64. The minimum Gasteiger partial charge on any atom is -0.497 e. The molecule has 2 unspecified atom stereocenters. The number of benzene rings is 1. The summed E-state index contributed by atoms with van der Waals surface area (Å²) in [5.41, 5.74) is 7.01. The van der Waals surface area contributed by atoms with E-state index in [-0.39, 0.29) is 17.9 Å². The second-order valence-corrected chi connectivity index (χ2v) is 5.63. The highest BCUT2D eigenvalue weighted by Crippen LogP contribution is 2.26. The van der Waals surface area contributed by atoms with Crippen LogP contribution >= 0.6 is 0 Å². The van der Waals surface area contributed by atoms with Gasteiger partial charge in [0.2, 0.25) is 5.91 Å². The van der Waals surface area contributed by atoms with Gasteiger partial charge >= 0.3 is 0 Å². The Bertz CT molecular complexity index is 484. The molecule has 4 heteroatoms. The van der Waals surface area contributed by atoms with Crippen LogP contribution in [0.25, 0.3) is 0 Å². The molecule has 1 amide bonds. The highest BCUT2D eigenvalue weighted by Gasteiger charge is 2.30. The first-order chi connectivity index (χ1) is 10.1. The third kappa shape index (κ3) is 4.08. The molecule has 21 heavy (non-hydrogen) atoms. The topological polar surface area (TPSA) is 55.6 Å². The minimum atomic E-state index is 0.0678. The molecule has 4 nitrogen and oxygen atoms in total. The number of nitrogens with two attached hydrogens (primary N) is 1. The van der Waals surface area contributed by atoms with E-state index in [1.54, 1.807) is 13.2 Å². The normalized spacial score (nSPS) is 21.0. The Morgan fingerprint density at radius 2 is 2.14 bits per heavy atom. The van der Waals surface area contributed by atoms with Crippen LogP contribution in [0.2, 0.25) is 0 Å². The van der Waals surface area contributed by atoms with E-state index in [0.717, 1.165) is 30.6 Å². The molecule has 1 aliphatic rings. The van der Waals surface area contributed by atoms with Crippen LogP contribution in [0.4, 0.5) is 0 Å². The summed E-state index contributed by atoms with van der Waals surface area (Å²) < 4.78 is 5.15. The second kappa shape index (κ2) is 7.27. The maximum Gasteiger partial charge on any atom is 0.226 e. The van der Waals surface area contributed by atoms with E-state index in [1.807, 2.05) is 29.2 Å². The molecule has 1 fully saturated rings. The number of methoxy groups -OCH3 is 1. The minimum absolute atomic E-state index is 0.0678. The molecule has 1 aromatic rings. The summed E-state index contributed by atoms with van der Waals surface area (Å²) in [6, 6.07) is 7.98. The molecule has 0 aromatic heterocycles. The van der Waals surface area contributed by atoms with Crippen molar-refractivity contribution in [2.75, 3.05) is 13.7 Å². The second-order valence-electron chi connectivity index (χ2n) is 5.63. The monoisotopic (exact) mass is 288 g/mol. The molecule has 114 valence electrons. The molecule has 2 N–H and O–H groups in total. The number of nitrogens with zero attached hydrogens (tertiary/aromatic N) is 1. The third-order valence-corrected chi connectivity index (χ3v) is 4.02. The van der Waals surface area contributed by atoms with Crippen LogP contribution < -0.4 is 10.5 Å². The lowest BCUT2D eigenvalue weighted by atomic mass is 10.1. The van der Waals surface area contributed by atoms with E-state index < -0.39 is 0 Å². The molecule has 0 spiro atoms. The first kappa shape index (κ1) is 15.6. The summed E-state index contributed by atoms with van der Waals surface area (Å²) >= 11 is 0. The van der Waals surface area contributed by atoms with E-state index in [0.29, 0.717) is 13.1 Å². The highest BCUT2D eigenvalue weighted by atomic mass is 16.5. The van der Waals surface area contributed by atoms with Gasteiger partial charge in [-0.1, -0.05) is 18.2 Å². The van der Waals surface area contributed by atoms with Crippen molar-refractivity contribution in [1.29, 1.82) is 0 Å². The Hall–Kier alpha value is -1.81. The van der Waals surface area contributed by atoms with Crippen LogP contribution in [0.15, 0.2) is 36.9 Å². The fourth-order valence-corrected chi connectivity index (χ4v) is 2.84. The quantitative estimate of drug-likeness (QED) is 0.817. The number of hydrogen-bond donors (Lipinski definition) is 1. The largest absolute Gasteiger partial charge is 0.497 e. The van der Waals surface area contributed by atoms with Crippen molar-refractivity contribution < 1.29 is 9.53 Å². The van der Waals surface area contributed by atoms with Crippen LogP contribution in [0.1, 0.15) is 24.8 Å². The summed E-state index contributed by atoms with van der Waals surface area (Å²) in [6.07, 6.45) is 4.42. The fourth-order valence-electron chi connectivity index (χ4n) is 2.84. The molecule has 1 aliphatic carbocycles. The number of carbonyl (C=O) groups excluding carboxylic acids is 1. The zero-order chi connectivity index (χ0) is 15.2. The van der Waals surface area contributed by atoms with Gasteiger partial charge < -0.3 is 15.4 Å². The van der Waals surface area contributed by atoms with Crippen LogP contribution in [-0.2, 0) is 11.3 Å². The van der Waals surface area contributed by atoms with Crippen molar-refractivity contribution in [3.8, 4) is 5.75 Å². The smallest absolute Gasteiger partial charge is 0.226 e. The Balaban J connectivity index is 2.03. The average Bonchev–Trinajstić information content (AvgIpc) is 2.93. The SMILES string of the molecule is C=CCN(Cc1ccc(OC)cc1)C(=O)C1CCC(N)C1. The summed E-state index contributed by atoms with van der Waals surface area (Å²) in [6.45, 7) is 4.92. The molecule has 0 heterocycles. The first-order valence-electron chi connectivity index (χ1n) is 7.42. The molecule has 2 rings (SSSR count). The van der Waals surface area contributed by atoms with Gasteiger partial charge in [-0.05, 0) is 37.0 Å². The number of rotatable bonds is 6. The van der Waals surface area contributed by atoms with Crippen LogP contribution in [0, 0.1) is 5.92 Å². The van der Waals surface area contributed by atoms with Crippen molar-refractivity contribution in [3.63, 3.8) is 0 Å². The molecule has 0 aliphatic heterocycles.